The highest BCUT2D eigenvalue weighted by molar-refractivity contribution is 6.07. The number of nitrogens with zero attached hydrogens (tertiary/aromatic N) is 5. The van der Waals surface area contributed by atoms with Crippen LogP contribution in [-0.2, 0) is 46.7 Å². The smallest absolute Gasteiger partial charge is 0.416 e. The molecule has 6 heterocycles. The summed E-state index contributed by atoms with van der Waals surface area (Å²) >= 11 is 0. The van der Waals surface area contributed by atoms with Crippen molar-refractivity contribution in [1.82, 2.24) is 47.0 Å². The molecular formula is C76H91N13O15. The molecule has 6 aliphatic heterocycles. The second-order valence-electron chi connectivity index (χ2n) is 28.7. The third kappa shape index (κ3) is 15.2. The van der Waals surface area contributed by atoms with Crippen LogP contribution in [0.3, 0.4) is 0 Å². The lowest BCUT2D eigenvalue weighted by Gasteiger charge is -2.31. The topological polar surface area (TPSA) is 332 Å². The van der Waals surface area contributed by atoms with Crippen LogP contribution in [0.15, 0.2) is 97.1 Å². The zero-order valence-electron chi connectivity index (χ0n) is 59.4. The van der Waals surface area contributed by atoms with E-state index in [0.717, 1.165) is 64.5 Å². The van der Waals surface area contributed by atoms with E-state index in [-0.39, 0.29) is 84.5 Å². The predicted molar refractivity (Wildman–Crippen MR) is 384 cm³/mol. The zero-order chi connectivity index (χ0) is 73.1. The van der Waals surface area contributed by atoms with E-state index >= 15 is 0 Å². The van der Waals surface area contributed by atoms with E-state index in [4.69, 9.17) is 23.7 Å². The number of fused-ring (bicyclic) bond motifs is 8. The summed E-state index contributed by atoms with van der Waals surface area (Å²) in [6.45, 7) is 9.16. The fourth-order valence-electron chi connectivity index (χ4n) is 14.9. The SMILES string of the molecule is CCN1NNC2=C1c1ccccc1CN(C(=O)CCC(=O)NCC(=O)NCC(=O)N[C@H](C(=O)N[C@@H](C)C(=O)Nc1ccc(COC(=O)N3c4cc(OCCCCCOc5cc6c(cc5OC)C(=O)N5CC7(CC7)C[C@H]5CN6)c(OC)cc4C(=O)N4CC5(CC5)C[C@H]4C3O)cc1)C(C)C)c1ccccc12. The van der Waals surface area contributed by atoms with Crippen molar-refractivity contribution in [1.29, 1.82) is 0 Å². The zero-order valence-corrected chi connectivity index (χ0v) is 59.4. The van der Waals surface area contributed by atoms with E-state index in [1.807, 2.05) is 71.4 Å². The number of aliphatic hydroxyl groups is 1. The van der Waals surface area contributed by atoms with Gasteiger partial charge >= 0.3 is 6.09 Å². The number of methoxy groups -OCH3 is 2. The minimum absolute atomic E-state index is 0.0188. The molecule has 0 aromatic heterocycles. The van der Waals surface area contributed by atoms with Gasteiger partial charge in [-0.25, -0.2) is 9.69 Å². The molecule has 2 spiro atoms. The van der Waals surface area contributed by atoms with Crippen molar-refractivity contribution in [2.75, 3.05) is 87.1 Å². The van der Waals surface area contributed by atoms with Gasteiger partial charge in [0, 0.05) is 74.0 Å². The molecule has 5 aromatic rings. The van der Waals surface area contributed by atoms with E-state index in [0.29, 0.717) is 91.3 Å². The maximum Gasteiger partial charge on any atom is 0.416 e. The molecule has 1 unspecified atom stereocenters. The summed E-state index contributed by atoms with van der Waals surface area (Å²) in [5, 5.41) is 30.7. The molecule has 2 saturated carbocycles. The number of para-hydroxylation sites is 1. The van der Waals surface area contributed by atoms with Crippen molar-refractivity contribution in [2.45, 2.75) is 142 Å². The van der Waals surface area contributed by atoms with Crippen molar-refractivity contribution >= 4 is 87.5 Å². The molecule has 28 heteroatoms. The molecule has 2 saturated heterocycles. The van der Waals surface area contributed by atoms with Gasteiger partial charge in [0.05, 0.1) is 92.7 Å². The number of nitrogens with one attached hydrogen (secondary N) is 8. The largest absolute Gasteiger partial charge is 0.493 e. The van der Waals surface area contributed by atoms with Gasteiger partial charge in [0.2, 0.25) is 35.4 Å². The summed E-state index contributed by atoms with van der Waals surface area (Å²) in [6.07, 6.45) is 4.96. The first-order valence-electron chi connectivity index (χ1n) is 35.9. The third-order valence-electron chi connectivity index (χ3n) is 21.1. The quantitative estimate of drug-likeness (QED) is 0.0265. The van der Waals surface area contributed by atoms with E-state index in [1.54, 1.807) is 67.2 Å². The Balaban J connectivity index is 0.554. The Morgan fingerprint density at radius 1 is 0.663 bits per heavy atom. The number of carbonyl (C=O) groups excluding carboxylic acids is 9. The summed E-state index contributed by atoms with van der Waals surface area (Å²) in [7, 11) is 3.03. The van der Waals surface area contributed by atoms with E-state index in [1.165, 1.54) is 32.9 Å². The Morgan fingerprint density at radius 2 is 1.31 bits per heavy atom. The molecule has 9 N–H and O–H groups in total. The first-order chi connectivity index (χ1) is 50.2. The summed E-state index contributed by atoms with van der Waals surface area (Å²) in [5.74, 6) is -2.67. The number of unbranched alkanes of at least 4 members (excludes halogenated alkanes) is 2. The van der Waals surface area contributed by atoms with E-state index < -0.39 is 79.0 Å². The Labute approximate surface area is 603 Å². The number of ether oxygens (including phenoxy) is 5. The average Bonchev–Trinajstić information content (AvgIpc) is 1.57. The Morgan fingerprint density at radius 3 is 2.01 bits per heavy atom. The lowest BCUT2D eigenvalue weighted by atomic mass is 9.95. The molecule has 0 bridgehead atoms. The van der Waals surface area contributed by atoms with Crippen LogP contribution in [0.1, 0.15) is 141 Å². The van der Waals surface area contributed by atoms with Gasteiger partial charge in [-0.15, -0.1) is 5.53 Å². The maximum absolute atomic E-state index is 14.5. The summed E-state index contributed by atoms with van der Waals surface area (Å²) in [6, 6.07) is 25.8. The van der Waals surface area contributed by atoms with Gasteiger partial charge in [-0.2, -0.15) is 0 Å². The number of hydrogen-bond donors (Lipinski definition) is 9. The molecule has 13 rings (SSSR count). The minimum atomic E-state index is -1.47. The minimum Gasteiger partial charge on any atom is -0.493 e. The molecule has 9 amide bonds. The monoisotopic (exact) mass is 1430 g/mol. The van der Waals surface area contributed by atoms with Crippen molar-refractivity contribution < 1.29 is 71.9 Å². The lowest BCUT2D eigenvalue weighted by Crippen LogP contribution is -2.55. The van der Waals surface area contributed by atoms with Gasteiger partial charge in [-0.3, -0.25) is 43.4 Å². The number of aliphatic hydroxyl groups excluding tert-OH is 1. The van der Waals surface area contributed by atoms with Crippen LogP contribution in [-0.4, -0.2) is 170 Å². The van der Waals surface area contributed by atoms with E-state index in [2.05, 4.69) is 42.9 Å². The van der Waals surface area contributed by atoms with Crippen molar-refractivity contribution in [3.8, 4) is 23.0 Å². The van der Waals surface area contributed by atoms with Crippen molar-refractivity contribution in [3.05, 3.63) is 130 Å². The summed E-state index contributed by atoms with van der Waals surface area (Å²) in [4.78, 5) is 129. The summed E-state index contributed by atoms with van der Waals surface area (Å²) < 4.78 is 29.9. The Bertz CT molecular complexity index is 4210. The number of benzene rings is 5. The van der Waals surface area contributed by atoms with Gasteiger partial charge in [0.25, 0.3) is 11.8 Å². The van der Waals surface area contributed by atoms with Crippen LogP contribution in [0, 0.1) is 16.7 Å². The fourth-order valence-corrected chi connectivity index (χ4v) is 14.9. The molecule has 28 nitrogen and oxygen atoms in total. The number of hydrogen-bond acceptors (Lipinski definition) is 19. The molecule has 8 aliphatic rings. The first-order valence-corrected chi connectivity index (χ1v) is 35.9. The second kappa shape index (κ2) is 30.4. The van der Waals surface area contributed by atoms with Gasteiger partial charge < -0.3 is 80.8 Å². The third-order valence-corrected chi connectivity index (χ3v) is 21.1. The highest BCUT2D eigenvalue weighted by Gasteiger charge is 2.58. The molecule has 4 fully saturated rings. The molecular weight excluding hydrogens is 1330 g/mol. The Kier molecular flexibility index (Phi) is 21.0. The predicted octanol–water partition coefficient (Wildman–Crippen LogP) is 6.54. The van der Waals surface area contributed by atoms with Gasteiger partial charge in [-0.05, 0) is 130 Å². The molecule has 0 radical (unpaired) electrons. The standard InChI is InChI=1S/C76H91N13O15/c1-7-88-68-50-16-10-9-15-47(50)40-85(55-18-12-11-17-51(55)67(68)83-84-88)65(93)24-23-62(90)78-38-63(91)79-39-64(92)82-66(44(2)3)70(95)80-45(4)69(94)81-48-21-19-46(20-22-48)41-104-74(99)89-56-34-61(59(101-6)32-53(56)72(97)87-43-76(27-28-76)36-57(87)73(89)98)103-30-14-8-13-29-102-60-33-54-52(31-58(60)100-5)71(96)86-42-75(25-26-75)35-49(86)37-77-54/h9-12,15-22,31-34,44-45,49,57,66,73,77,83-84,98H,7-8,13-14,23-30,35-43H2,1-6H3,(H,78,90)(H,79,91)(H,80,95)(H,81,94)(H,82,92)/t45-,49-,57-,66-,73?/m0/s1. The van der Waals surface area contributed by atoms with Crippen LogP contribution in [0.2, 0.25) is 0 Å². The van der Waals surface area contributed by atoms with Crippen LogP contribution in [0.4, 0.5) is 27.5 Å². The number of hydrazine groups is 2. The van der Waals surface area contributed by atoms with Gasteiger partial charge in [0.15, 0.2) is 29.2 Å². The highest BCUT2D eigenvalue weighted by Crippen LogP contribution is 2.58. The molecule has 5 atom stereocenters. The molecule has 2 aliphatic carbocycles. The van der Waals surface area contributed by atoms with Gasteiger partial charge in [0.1, 0.15) is 18.7 Å². The average molecular weight is 1430 g/mol. The molecule has 104 heavy (non-hydrogen) atoms. The van der Waals surface area contributed by atoms with Crippen molar-refractivity contribution in [3.63, 3.8) is 0 Å². The first kappa shape index (κ1) is 71.8. The highest BCUT2D eigenvalue weighted by atomic mass is 16.6. The molecule has 550 valence electrons. The molecule has 5 aromatic carbocycles. The van der Waals surface area contributed by atoms with Crippen molar-refractivity contribution in [2.24, 2.45) is 16.7 Å². The number of anilines is 4. The lowest BCUT2D eigenvalue weighted by molar-refractivity contribution is -0.132. The maximum atomic E-state index is 14.5. The number of carbonyl (C=O) groups is 9. The number of rotatable bonds is 26. The van der Waals surface area contributed by atoms with Crippen LogP contribution in [0.5, 0.6) is 23.0 Å². The summed E-state index contributed by atoms with van der Waals surface area (Å²) in [5.41, 5.74) is 14.2. The fraction of sp³-hybridized carbons (Fsp3) is 0.461. The van der Waals surface area contributed by atoms with E-state index in [9.17, 15) is 48.3 Å². The number of amides is 9. The Hall–Kier alpha value is -10.6. The van der Waals surface area contributed by atoms with Crippen LogP contribution in [0.25, 0.3) is 11.4 Å². The second-order valence-corrected chi connectivity index (χ2v) is 28.7. The van der Waals surface area contributed by atoms with Gasteiger partial charge in [-0.1, -0.05) is 68.4 Å². The van der Waals surface area contributed by atoms with Crippen LogP contribution < -0.4 is 71.6 Å². The van der Waals surface area contributed by atoms with Crippen LogP contribution >= 0.6 is 0 Å². The normalized spacial score (nSPS) is 19.5.